The van der Waals surface area contributed by atoms with Gasteiger partial charge >= 0.3 is 12.6 Å². The van der Waals surface area contributed by atoms with Crippen LogP contribution in [0.15, 0.2) is 58.2 Å². The van der Waals surface area contributed by atoms with E-state index in [0.717, 1.165) is 5.56 Å². The van der Waals surface area contributed by atoms with Gasteiger partial charge in [-0.2, -0.15) is 8.78 Å². The summed E-state index contributed by atoms with van der Waals surface area (Å²) in [7, 11) is 1.33. The minimum absolute atomic E-state index is 0.0494. The summed E-state index contributed by atoms with van der Waals surface area (Å²) < 4.78 is 38.9. The normalized spacial score (nSPS) is 10.8. The molecule has 0 atom stereocenters. The summed E-state index contributed by atoms with van der Waals surface area (Å²) in [4.78, 5) is 11.6. The van der Waals surface area contributed by atoms with Crippen molar-refractivity contribution >= 4 is 17.7 Å². The quantitative estimate of drug-likeness (QED) is 0.435. The molecule has 0 amide bonds. The Morgan fingerprint density at radius 3 is 2.67 bits per heavy atom. The number of alkyl halides is 2. The Kier molecular flexibility index (Phi) is 6.02. The lowest BCUT2D eigenvalue weighted by Gasteiger charge is -2.03. The number of nitrogens with zero attached hydrogens (tertiary/aromatic N) is 2. The SMILES string of the molecule is COC(=O)c1cccc(CSc2nnc(-c3ccc(OC(F)F)cc3)o2)c1. The summed E-state index contributed by atoms with van der Waals surface area (Å²) in [6, 6.07) is 13.0. The van der Waals surface area contributed by atoms with E-state index in [2.05, 4.69) is 14.9 Å². The van der Waals surface area contributed by atoms with E-state index in [0.29, 0.717) is 22.1 Å². The van der Waals surface area contributed by atoms with Crippen molar-refractivity contribution in [3.8, 4) is 17.2 Å². The van der Waals surface area contributed by atoms with E-state index in [1.165, 1.54) is 31.0 Å². The maximum atomic E-state index is 12.2. The van der Waals surface area contributed by atoms with Gasteiger partial charge in [0.05, 0.1) is 12.7 Å². The van der Waals surface area contributed by atoms with Crippen LogP contribution < -0.4 is 4.74 Å². The number of carbonyl (C=O) groups is 1. The molecule has 0 aliphatic heterocycles. The Bertz CT molecular complexity index is 916. The lowest BCUT2D eigenvalue weighted by atomic mass is 10.1. The number of rotatable bonds is 7. The minimum Gasteiger partial charge on any atom is -0.465 e. The molecule has 0 saturated carbocycles. The Morgan fingerprint density at radius 1 is 1.19 bits per heavy atom. The Labute approximate surface area is 157 Å². The number of halogens is 2. The number of hydrogen-bond acceptors (Lipinski definition) is 7. The molecule has 2 aromatic carbocycles. The topological polar surface area (TPSA) is 74.5 Å². The Morgan fingerprint density at radius 2 is 1.96 bits per heavy atom. The molecule has 0 radical (unpaired) electrons. The molecule has 0 saturated heterocycles. The highest BCUT2D eigenvalue weighted by Crippen LogP contribution is 2.27. The molecule has 1 aromatic heterocycles. The molecule has 6 nitrogen and oxygen atoms in total. The first-order valence-electron chi connectivity index (χ1n) is 7.74. The average Bonchev–Trinajstić information content (AvgIpc) is 3.15. The van der Waals surface area contributed by atoms with E-state index in [4.69, 9.17) is 9.15 Å². The smallest absolute Gasteiger partial charge is 0.387 e. The molecular weight excluding hydrogens is 378 g/mol. The van der Waals surface area contributed by atoms with Crippen LogP contribution in [-0.4, -0.2) is 29.9 Å². The summed E-state index contributed by atoms with van der Waals surface area (Å²) in [5.41, 5.74) is 1.95. The first-order valence-corrected chi connectivity index (χ1v) is 8.72. The monoisotopic (exact) mass is 392 g/mol. The summed E-state index contributed by atoms with van der Waals surface area (Å²) in [6.07, 6.45) is 0. The molecule has 1 heterocycles. The Balaban J connectivity index is 1.64. The van der Waals surface area contributed by atoms with Crippen LogP contribution in [0.2, 0.25) is 0 Å². The van der Waals surface area contributed by atoms with E-state index in [1.807, 2.05) is 6.07 Å². The van der Waals surface area contributed by atoms with Gasteiger partial charge in [0, 0.05) is 11.3 Å². The van der Waals surface area contributed by atoms with E-state index in [9.17, 15) is 13.6 Å². The van der Waals surface area contributed by atoms with Gasteiger partial charge in [0.15, 0.2) is 0 Å². The highest BCUT2D eigenvalue weighted by Gasteiger charge is 2.11. The van der Waals surface area contributed by atoms with Crippen molar-refractivity contribution in [3.63, 3.8) is 0 Å². The highest BCUT2D eigenvalue weighted by molar-refractivity contribution is 7.98. The van der Waals surface area contributed by atoms with Gasteiger partial charge in [-0.3, -0.25) is 0 Å². The van der Waals surface area contributed by atoms with Gasteiger partial charge in [-0.05, 0) is 42.0 Å². The van der Waals surface area contributed by atoms with Gasteiger partial charge in [-0.25, -0.2) is 4.79 Å². The number of aromatic nitrogens is 2. The largest absolute Gasteiger partial charge is 0.465 e. The highest BCUT2D eigenvalue weighted by atomic mass is 32.2. The van der Waals surface area contributed by atoms with Crippen molar-refractivity contribution in [1.82, 2.24) is 10.2 Å². The third kappa shape index (κ3) is 5.04. The van der Waals surface area contributed by atoms with Crippen molar-refractivity contribution in [3.05, 3.63) is 59.7 Å². The second kappa shape index (κ2) is 8.63. The third-order valence-electron chi connectivity index (χ3n) is 3.44. The predicted octanol–water partition coefficient (Wildman–Crippen LogP) is 4.42. The van der Waals surface area contributed by atoms with Crippen LogP contribution in [0.1, 0.15) is 15.9 Å². The zero-order chi connectivity index (χ0) is 19.2. The van der Waals surface area contributed by atoms with Gasteiger partial charge in [0.1, 0.15) is 5.75 Å². The molecule has 0 fully saturated rings. The fourth-order valence-electron chi connectivity index (χ4n) is 2.21. The van der Waals surface area contributed by atoms with Crippen molar-refractivity contribution in [2.45, 2.75) is 17.6 Å². The fourth-order valence-corrected chi connectivity index (χ4v) is 2.92. The van der Waals surface area contributed by atoms with Crippen molar-refractivity contribution < 1.29 is 27.5 Å². The molecule has 0 bridgehead atoms. The van der Waals surface area contributed by atoms with E-state index >= 15 is 0 Å². The molecule has 3 rings (SSSR count). The predicted molar refractivity (Wildman–Crippen MR) is 93.7 cm³/mol. The first-order chi connectivity index (χ1) is 13.0. The molecule has 0 spiro atoms. The molecule has 0 N–H and O–H groups in total. The van der Waals surface area contributed by atoms with E-state index in [-0.39, 0.29) is 11.6 Å². The summed E-state index contributed by atoms with van der Waals surface area (Å²) in [5, 5.41) is 8.25. The molecular formula is C18H14F2N2O4S. The van der Waals surface area contributed by atoms with Crippen LogP contribution in [0.3, 0.4) is 0 Å². The number of carbonyl (C=O) groups excluding carboxylic acids is 1. The minimum atomic E-state index is -2.88. The third-order valence-corrected chi connectivity index (χ3v) is 4.33. The zero-order valence-electron chi connectivity index (χ0n) is 14.1. The molecule has 0 aliphatic carbocycles. The number of thioether (sulfide) groups is 1. The zero-order valence-corrected chi connectivity index (χ0v) is 14.9. The Hall–Kier alpha value is -2.94. The number of benzene rings is 2. The van der Waals surface area contributed by atoms with Gasteiger partial charge in [0.25, 0.3) is 5.22 Å². The number of esters is 1. The van der Waals surface area contributed by atoms with Crippen molar-refractivity contribution in [2.24, 2.45) is 0 Å². The van der Waals surface area contributed by atoms with E-state index in [1.54, 1.807) is 30.3 Å². The van der Waals surface area contributed by atoms with Gasteiger partial charge in [0.2, 0.25) is 5.89 Å². The van der Waals surface area contributed by atoms with Crippen LogP contribution in [0.5, 0.6) is 5.75 Å². The number of methoxy groups -OCH3 is 1. The molecule has 0 unspecified atom stereocenters. The average molecular weight is 392 g/mol. The molecule has 0 aliphatic rings. The molecule has 140 valence electrons. The maximum Gasteiger partial charge on any atom is 0.387 e. The molecule has 27 heavy (non-hydrogen) atoms. The van der Waals surface area contributed by atoms with Gasteiger partial charge < -0.3 is 13.9 Å². The maximum absolute atomic E-state index is 12.2. The van der Waals surface area contributed by atoms with Crippen molar-refractivity contribution in [2.75, 3.05) is 7.11 Å². The number of hydrogen-bond donors (Lipinski definition) is 0. The number of ether oxygens (including phenoxy) is 2. The van der Waals surface area contributed by atoms with Crippen LogP contribution in [-0.2, 0) is 10.5 Å². The fraction of sp³-hybridized carbons (Fsp3) is 0.167. The first kappa shape index (κ1) is 18.8. The van der Waals surface area contributed by atoms with Crippen molar-refractivity contribution in [1.29, 1.82) is 0 Å². The van der Waals surface area contributed by atoms with Crippen LogP contribution >= 0.6 is 11.8 Å². The second-order valence-electron chi connectivity index (χ2n) is 5.26. The van der Waals surface area contributed by atoms with E-state index < -0.39 is 12.6 Å². The standard InChI is InChI=1S/C18H14F2N2O4S/c1-24-16(23)13-4-2-3-11(9-13)10-27-18-22-21-15(26-18)12-5-7-14(8-6-12)25-17(19)20/h2-9,17H,10H2,1H3. The van der Waals surface area contributed by atoms with Gasteiger partial charge in [-0.1, -0.05) is 23.9 Å². The van der Waals surface area contributed by atoms with Crippen LogP contribution in [0.4, 0.5) is 8.78 Å². The lowest BCUT2D eigenvalue weighted by molar-refractivity contribution is -0.0498. The van der Waals surface area contributed by atoms with Gasteiger partial charge in [-0.15, -0.1) is 10.2 Å². The lowest BCUT2D eigenvalue weighted by Crippen LogP contribution is -2.01. The van der Waals surface area contributed by atoms with Crippen LogP contribution in [0, 0.1) is 0 Å². The van der Waals surface area contributed by atoms with Crippen LogP contribution in [0.25, 0.3) is 11.5 Å². The summed E-state index contributed by atoms with van der Waals surface area (Å²) >= 11 is 1.31. The molecule has 3 aromatic rings. The molecule has 9 heteroatoms. The summed E-state index contributed by atoms with van der Waals surface area (Å²) in [5.74, 6) is 0.437. The summed E-state index contributed by atoms with van der Waals surface area (Å²) in [6.45, 7) is -2.88. The second-order valence-corrected chi connectivity index (χ2v) is 6.18.